The summed E-state index contributed by atoms with van der Waals surface area (Å²) in [6.07, 6.45) is -2.76. The van der Waals surface area contributed by atoms with Gasteiger partial charge in [-0.1, -0.05) is 12.1 Å². The second-order valence-corrected chi connectivity index (χ2v) is 8.12. The van der Waals surface area contributed by atoms with Crippen molar-refractivity contribution in [2.24, 2.45) is 11.8 Å². The van der Waals surface area contributed by atoms with Gasteiger partial charge in [-0.2, -0.15) is 18.4 Å². The minimum absolute atomic E-state index is 0.0611. The van der Waals surface area contributed by atoms with Crippen LogP contribution in [0.5, 0.6) is 0 Å². The van der Waals surface area contributed by atoms with E-state index in [1.807, 2.05) is 23.3 Å². The van der Waals surface area contributed by atoms with E-state index in [1.165, 1.54) is 11.8 Å². The lowest BCUT2D eigenvalue weighted by Gasteiger charge is -2.22. The Morgan fingerprint density at radius 3 is 2.55 bits per heavy atom. The minimum atomic E-state index is -4.64. The van der Waals surface area contributed by atoms with Crippen LogP contribution in [-0.4, -0.2) is 37.4 Å². The third-order valence-corrected chi connectivity index (χ3v) is 6.29. The Morgan fingerprint density at radius 2 is 1.93 bits per heavy atom. The molecule has 2 saturated heterocycles. The monoisotopic (exact) mass is 419 g/mol. The number of halogens is 3. The number of alkyl halides is 3. The third kappa shape index (κ3) is 3.87. The Bertz CT molecular complexity index is 944. The van der Waals surface area contributed by atoms with E-state index < -0.39 is 17.3 Å². The van der Waals surface area contributed by atoms with Crippen LogP contribution in [0.2, 0.25) is 0 Å². The molecular weight excluding hydrogens is 399 g/mol. The lowest BCUT2D eigenvalue weighted by molar-refractivity contribution is -0.137. The van der Waals surface area contributed by atoms with E-state index in [4.69, 9.17) is 0 Å². The van der Waals surface area contributed by atoms with Crippen molar-refractivity contribution in [2.45, 2.75) is 11.1 Å². The van der Waals surface area contributed by atoms with Gasteiger partial charge < -0.3 is 15.5 Å². The molecular formula is C20H20F3N5S. The van der Waals surface area contributed by atoms with Crippen LogP contribution < -0.4 is 15.5 Å². The van der Waals surface area contributed by atoms with Gasteiger partial charge in [0, 0.05) is 31.1 Å². The predicted octanol–water partition coefficient (Wildman–Crippen LogP) is 4.09. The van der Waals surface area contributed by atoms with Crippen LogP contribution in [-0.2, 0) is 6.18 Å². The number of nitrogens with one attached hydrogen (secondary N) is 2. The van der Waals surface area contributed by atoms with Crippen molar-refractivity contribution in [2.75, 3.05) is 42.7 Å². The number of nitrogens with zero attached hydrogens (tertiary/aromatic N) is 3. The van der Waals surface area contributed by atoms with Gasteiger partial charge in [-0.15, -0.1) is 11.8 Å². The predicted molar refractivity (Wildman–Crippen MR) is 108 cm³/mol. The molecule has 0 amide bonds. The second-order valence-electron chi connectivity index (χ2n) is 7.27. The van der Waals surface area contributed by atoms with E-state index in [0.29, 0.717) is 30.6 Å². The molecule has 0 radical (unpaired) electrons. The molecule has 4 rings (SSSR count). The summed E-state index contributed by atoms with van der Waals surface area (Å²) in [5.41, 5.74) is -0.820. The molecule has 2 atom stereocenters. The number of hydrogen-bond acceptors (Lipinski definition) is 6. The van der Waals surface area contributed by atoms with E-state index in [1.54, 1.807) is 18.2 Å². The Hall–Kier alpha value is -2.44. The summed E-state index contributed by atoms with van der Waals surface area (Å²) in [5.74, 6) is 1.02. The van der Waals surface area contributed by atoms with E-state index in [9.17, 15) is 18.4 Å². The Labute approximate surface area is 171 Å². The van der Waals surface area contributed by atoms with Crippen molar-refractivity contribution in [3.8, 4) is 6.07 Å². The van der Waals surface area contributed by atoms with Gasteiger partial charge in [0.2, 0.25) is 0 Å². The average molecular weight is 419 g/mol. The number of anilines is 3. The van der Waals surface area contributed by atoms with Crippen molar-refractivity contribution in [3.05, 3.63) is 41.5 Å². The van der Waals surface area contributed by atoms with Crippen molar-refractivity contribution in [1.29, 1.82) is 5.26 Å². The molecule has 1 aromatic heterocycles. The highest BCUT2D eigenvalue weighted by Gasteiger charge is 2.40. The van der Waals surface area contributed by atoms with Crippen LogP contribution in [0.3, 0.4) is 0 Å². The third-order valence-electron chi connectivity index (χ3n) is 5.50. The number of rotatable bonds is 4. The number of fused-ring (bicyclic) bond motifs is 1. The maximum atomic E-state index is 13.8. The van der Waals surface area contributed by atoms with Crippen LogP contribution in [0, 0.1) is 23.2 Å². The molecule has 2 aliphatic rings. The summed E-state index contributed by atoms with van der Waals surface area (Å²) in [7, 11) is 0. The molecule has 3 heterocycles. The molecule has 0 spiro atoms. The number of pyridine rings is 1. The molecule has 2 fully saturated rings. The molecule has 5 nitrogen and oxygen atoms in total. The van der Waals surface area contributed by atoms with Gasteiger partial charge in [0.05, 0.1) is 11.3 Å². The molecule has 0 bridgehead atoms. The van der Waals surface area contributed by atoms with Gasteiger partial charge in [-0.3, -0.25) is 0 Å². The Morgan fingerprint density at radius 1 is 1.24 bits per heavy atom. The smallest absolute Gasteiger partial charge is 0.356 e. The van der Waals surface area contributed by atoms with Crippen molar-refractivity contribution in [1.82, 2.24) is 10.3 Å². The zero-order valence-electron chi connectivity index (χ0n) is 15.8. The Kier molecular flexibility index (Phi) is 5.32. The fraction of sp³-hybridized carbons (Fsp3) is 0.400. The van der Waals surface area contributed by atoms with Gasteiger partial charge in [0.1, 0.15) is 17.5 Å². The fourth-order valence-electron chi connectivity index (χ4n) is 4.04. The lowest BCUT2D eigenvalue weighted by Crippen LogP contribution is -2.27. The molecule has 152 valence electrons. The maximum Gasteiger partial charge on any atom is 0.417 e. The van der Waals surface area contributed by atoms with Crippen LogP contribution in [0.1, 0.15) is 11.1 Å². The van der Waals surface area contributed by atoms with Gasteiger partial charge in [0.25, 0.3) is 0 Å². The molecule has 9 heteroatoms. The number of hydrogen-bond donors (Lipinski definition) is 2. The first-order valence-corrected chi connectivity index (χ1v) is 10.5. The molecule has 2 N–H and O–H groups in total. The van der Waals surface area contributed by atoms with E-state index >= 15 is 0 Å². The number of thioether (sulfide) groups is 1. The first-order valence-electron chi connectivity index (χ1n) is 9.28. The summed E-state index contributed by atoms with van der Waals surface area (Å²) >= 11 is 1.47. The average Bonchev–Trinajstić information content (AvgIpc) is 3.29. The molecule has 29 heavy (non-hydrogen) atoms. The van der Waals surface area contributed by atoms with E-state index in [2.05, 4.69) is 15.6 Å². The highest BCUT2D eigenvalue weighted by molar-refractivity contribution is 7.98. The largest absolute Gasteiger partial charge is 0.417 e. The summed E-state index contributed by atoms with van der Waals surface area (Å²) in [6, 6.07) is 9.99. The molecule has 0 aliphatic carbocycles. The SMILES string of the molecule is CSc1ccccc1Nc1nc(N2C[C@H]3CNC[C@H]3C2)cc(C(F)(F)F)c1C#N. The molecule has 2 aromatic rings. The van der Waals surface area contributed by atoms with Crippen molar-refractivity contribution < 1.29 is 13.2 Å². The summed E-state index contributed by atoms with van der Waals surface area (Å²) < 4.78 is 41.3. The second kappa shape index (κ2) is 7.76. The molecule has 2 aliphatic heterocycles. The zero-order chi connectivity index (χ0) is 20.6. The highest BCUT2D eigenvalue weighted by atomic mass is 32.2. The molecule has 0 unspecified atom stereocenters. The fourth-order valence-corrected chi connectivity index (χ4v) is 4.59. The Balaban J connectivity index is 1.77. The molecule has 0 saturated carbocycles. The van der Waals surface area contributed by atoms with Crippen LogP contribution >= 0.6 is 11.8 Å². The first-order chi connectivity index (χ1) is 13.9. The normalized spacial score (nSPS) is 21.1. The van der Waals surface area contributed by atoms with E-state index in [0.717, 1.165) is 24.1 Å². The van der Waals surface area contributed by atoms with Gasteiger partial charge in [-0.25, -0.2) is 4.98 Å². The van der Waals surface area contributed by atoms with Gasteiger partial charge in [-0.05, 0) is 36.3 Å². The van der Waals surface area contributed by atoms with Crippen LogP contribution in [0.15, 0.2) is 35.2 Å². The number of benzene rings is 1. The number of aromatic nitrogens is 1. The van der Waals surface area contributed by atoms with Gasteiger partial charge >= 0.3 is 6.18 Å². The van der Waals surface area contributed by atoms with Crippen LogP contribution in [0.25, 0.3) is 0 Å². The summed E-state index contributed by atoms with van der Waals surface area (Å²) in [5, 5.41) is 15.8. The summed E-state index contributed by atoms with van der Waals surface area (Å²) in [6.45, 7) is 3.06. The lowest BCUT2D eigenvalue weighted by atomic mass is 10.0. The first kappa shape index (κ1) is 19.9. The topological polar surface area (TPSA) is 64.0 Å². The zero-order valence-corrected chi connectivity index (χ0v) is 16.6. The van der Waals surface area contributed by atoms with E-state index in [-0.39, 0.29) is 11.6 Å². The maximum absolute atomic E-state index is 13.8. The van der Waals surface area contributed by atoms with Gasteiger partial charge in [0.15, 0.2) is 5.82 Å². The molecule has 1 aromatic carbocycles. The number of nitriles is 1. The quantitative estimate of drug-likeness (QED) is 0.728. The highest BCUT2D eigenvalue weighted by Crippen LogP contribution is 2.39. The van der Waals surface area contributed by atoms with Crippen molar-refractivity contribution in [3.63, 3.8) is 0 Å². The number of para-hydroxylation sites is 1. The minimum Gasteiger partial charge on any atom is -0.356 e. The van der Waals surface area contributed by atoms with Crippen molar-refractivity contribution >= 4 is 29.1 Å². The van der Waals surface area contributed by atoms with Crippen LogP contribution in [0.4, 0.5) is 30.5 Å². The standard InChI is InChI=1S/C20H20F3N5S/c1-29-17-5-3-2-4-16(17)26-19-14(7-24)15(20(21,22)23)6-18(27-19)28-10-12-8-25-9-13(12)11-28/h2-6,12-13,25H,8-11H2,1H3,(H,26,27)/t12-,13+. The summed E-state index contributed by atoms with van der Waals surface area (Å²) in [4.78, 5) is 7.22.